The van der Waals surface area contributed by atoms with Crippen molar-refractivity contribution in [2.75, 3.05) is 47.6 Å². The smallest absolute Gasteiger partial charge is 0.188 e. The van der Waals surface area contributed by atoms with E-state index in [1.54, 1.807) is 26.4 Å². The predicted octanol–water partition coefficient (Wildman–Crippen LogP) is 4.30. The van der Waals surface area contributed by atoms with Gasteiger partial charge in [-0.2, -0.15) is 0 Å². The van der Waals surface area contributed by atoms with E-state index in [2.05, 4.69) is 6.92 Å². The van der Waals surface area contributed by atoms with Gasteiger partial charge in [0.05, 0.1) is 19.8 Å². The minimum Gasteiger partial charge on any atom is -0.508 e. The van der Waals surface area contributed by atoms with Gasteiger partial charge in [0.25, 0.3) is 0 Å². The highest BCUT2D eigenvalue weighted by Gasteiger charge is 2.32. The third kappa shape index (κ3) is 6.84. The molecule has 34 heavy (non-hydrogen) atoms. The number of hydrogen-bond acceptors (Lipinski definition) is 8. The van der Waals surface area contributed by atoms with Crippen molar-refractivity contribution in [1.82, 2.24) is 0 Å². The molecule has 8 heteroatoms. The molecule has 0 saturated carbocycles. The Morgan fingerprint density at radius 3 is 2.38 bits per heavy atom. The van der Waals surface area contributed by atoms with Crippen LogP contribution in [0.1, 0.15) is 31.9 Å². The van der Waals surface area contributed by atoms with Gasteiger partial charge >= 0.3 is 0 Å². The Hall–Kier alpha value is -2.36. The van der Waals surface area contributed by atoms with Crippen molar-refractivity contribution in [1.29, 1.82) is 0 Å². The van der Waals surface area contributed by atoms with E-state index in [1.165, 1.54) is 0 Å². The lowest BCUT2D eigenvalue weighted by Gasteiger charge is -2.22. The third-order valence-electron chi connectivity index (χ3n) is 5.49. The summed E-state index contributed by atoms with van der Waals surface area (Å²) in [7, 11) is 3.15. The van der Waals surface area contributed by atoms with Crippen molar-refractivity contribution >= 4 is 0 Å². The van der Waals surface area contributed by atoms with Crippen LogP contribution < -0.4 is 9.47 Å². The summed E-state index contributed by atoms with van der Waals surface area (Å²) in [4.78, 5) is 0. The van der Waals surface area contributed by atoms with E-state index >= 15 is 0 Å². The zero-order chi connectivity index (χ0) is 24.6. The average Bonchev–Trinajstić information content (AvgIpc) is 3.17. The minimum absolute atomic E-state index is 0.0751. The van der Waals surface area contributed by atoms with Gasteiger partial charge in [0.15, 0.2) is 19.4 Å². The van der Waals surface area contributed by atoms with E-state index in [0.29, 0.717) is 37.7 Å². The summed E-state index contributed by atoms with van der Waals surface area (Å²) in [6, 6.07) is 8.97. The molecule has 188 valence electrons. The second-order valence-corrected chi connectivity index (χ2v) is 8.49. The summed E-state index contributed by atoms with van der Waals surface area (Å²) in [5, 5.41) is 10.2. The van der Waals surface area contributed by atoms with Gasteiger partial charge in [0, 0.05) is 25.8 Å². The Kier molecular flexibility index (Phi) is 9.55. The lowest BCUT2D eigenvalue weighted by molar-refractivity contribution is -0.144. The zero-order valence-corrected chi connectivity index (χ0v) is 20.7. The molecule has 2 aromatic carbocycles. The number of phenols is 1. The van der Waals surface area contributed by atoms with Crippen molar-refractivity contribution < 1.29 is 38.3 Å². The number of hydrogen-bond donors (Lipinski definition) is 1. The van der Waals surface area contributed by atoms with Crippen molar-refractivity contribution in [2.45, 2.75) is 45.5 Å². The molecule has 0 amide bonds. The maximum Gasteiger partial charge on any atom is 0.188 e. The number of rotatable bonds is 13. The van der Waals surface area contributed by atoms with E-state index in [4.69, 9.17) is 33.2 Å². The monoisotopic (exact) mass is 476 g/mol. The molecule has 0 radical (unpaired) electrons. The average molecular weight is 477 g/mol. The lowest BCUT2D eigenvalue weighted by atomic mass is 9.90. The van der Waals surface area contributed by atoms with Crippen molar-refractivity contribution in [3.8, 4) is 28.4 Å². The first-order valence-corrected chi connectivity index (χ1v) is 11.5. The van der Waals surface area contributed by atoms with E-state index in [9.17, 15) is 5.11 Å². The number of aromatic hydroxyl groups is 1. The molecule has 8 nitrogen and oxygen atoms in total. The van der Waals surface area contributed by atoms with Crippen LogP contribution in [0.25, 0.3) is 11.1 Å². The molecule has 1 heterocycles. The maximum absolute atomic E-state index is 10.2. The number of benzene rings is 2. The molecule has 0 bridgehead atoms. The SMILES string of the molecule is CCc1c(OCOC)cc(OCOC)c(-c2cccc(O)c2)c1CCOCC1COC(C)(C)O1. The molecule has 2 aromatic rings. The first-order valence-electron chi connectivity index (χ1n) is 11.5. The van der Waals surface area contributed by atoms with Gasteiger partial charge in [0.1, 0.15) is 23.4 Å². The van der Waals surface area contributed by atoms with E-state index in [1.807, 2.05) is 32.0 Å². The number of phenolic OH excluding ortho intramolecular Hbond substituents is 1. The van der Waals surface area contributed by atoms with Gasteiger partial charge in [-0.25, -0.2) is 0 Å². The molecule has 0 aliphatic carbocycles. The largest absolute Gasteiger partial charge is 0.508 e. The Morgan fingerprint density at radius 2 is 1.76 bits per heavy atom. The van der Waals surface area contributed by atoms with Crippen molar-refractivity contribution in [2.24, 2.45) is 0 Å². The Morgan fingerprint density at radius 1 is 1.03 bits per heavy atom. The maximum atomic E-state index is 10.2. The van der Waals surface area contributed by atoms with Crippen molar-refractivity contribution in [3.63, 3.8) is 0 Å². The third-order valence-corrected chi connectivity index (χ3v) is 5.49. The van der Waals surface area contributed by atoms with Crippen LogP contribution in [-0.4, -0.2) is 64.6 Å². The summed E-state index contributed by atoms with van der Waals surface area (Å²) < 4.78 is 39.6. The normalized spacial score (nSPS) is 17.1. The summed E-state index contributed by atoms with van der Waals surface area (Å²) in [6.07, 6.45) is 1.25. The molecule has 0 spiro atoms. The second kappa shape index (κ2) is 12.4. The zero-order valence-electron chi connectivity index (χ0n) is 20.7. The van der Waals surface area contributed by atoms with E-state index < -0.39 is 5.79 Å². The standard InChI is InChI=1S/C26H36O8/c1-6-21-22(10-11-30-14-20-15-33-26(2,3)34-20)25(18-8-7-9-19(27)12-18)24(32-17-29-5)13-23(21)31-16-28-4/h7-9,12-13,20,27H,6,10-11,14-17H2,1-5H3. The topological polar surface area (TPSA) is 84.8 Å². The highest BCUT2D eigenvalue weighted by atomic mass is 16.7. The number of methoxy groups -OCH3 is 2. The molecule has 3 rings (SSSR count). The van der Waals surface area contributed by atoms with Gasteiger partial charge in [-0.05, 0) is 55.5 Å². The van der Waals surface area contributed by atoms with Gasteiger partial charge in [0.2, 0.25) is 0 Å². The van der Waals surface area contributed by atoms with Crippen molar-refractivity contribution in [3.05, 3.63) is 41.5 Å². The summed E-state index contributed by atoms with van der Waals surface area (Å²) in [5.41, 5.74) is 3.77. The minimum atomic E-state index is -0.577. The van der Waals surface area contributed by atoms with Crippen LogP contribution in [0.5, 0.6) is 17.2 Å². The lowest BCUT2D eigenvalue weighted by Crippen LogP contribution is -2.24. The molecular weight excluding hydrogens is 440 g/mol. The molecule has 0 aromatic heterocycles. The van der Waals surface area contributed by atoms with Crippen LogP contribution in [0.2, 0.25) is 0 Å². The fourth-order valence-corrected chi connectivity index (χ4v) is 4.09. The second-order valence-electron chi connectivity index (χ2n) is 8.49. The Bertz CT molecular complexity index is 927. The molecule has 1 fully saturated rings. The van der Waals surface area contributed by atoms with Gasteiger partial charge in [-0.15, -0.1) is 0 Å². The Balaban J connectivity index is 1.93. The van der Waals surface area contributed by atoms with Crippen LogP contribution >= 0.6 is 0 Å². The van der Waals surface area contributed by atoms with Crippen LogP contribution in [0.4, 0.5) is 0 Å². The van der Waals surface area contributed by atoms with E-state index in [-0.39, 0.29) is 25.4 Å². The molecule has 1 aliphatic heterocycles. The van der Waals surface area contributed by atoms with Crippen LogP contribution in [0.3, 0.4) is 0 Å². The quantitative estimate of drug-likeness (QED) is 0.338. The molecule has 1 N–H and O–H groups in total. The summed E-state index contributed by atoms with van der Waals surface area (Å²) in [6.45, 7) is 7.49. The van der Waals surface area contributed by atoms with Gasteiger partial charge in [-0.3, -0.25) is 0 Å². The molecular formula is C26H36O8. The highest BCUT2D eigenvalue weighted by Crippen LogP contribution is 2.42. The van der Waals surface area contributed by atoms with Gasteiger partial charge < -0.3 is 38.3 Å². The first-order chi connectivity index (χ1) is 16.4. The molecule has 1 unspecified atom stereocenters. The highest BCUT2D eigenvalue weighted by molar-refractivity contribution is 5.78. The summed E-state index contributed by atoms with van der Waals surface area (Å²) >= 11 is 0. The van der Waals surface area contributed by atoms with Crippen LogP contribution in [-0.2, 0) is 36.5 Å². The number of ether oxygens (including phenoxy) is 7. The summed E-state index contributed by atoms with van der Waals surface area (Å²) in [5.74, 6) is 0.881. The van der Waals surface area contributed by atoms with Gasteiger partial charge in [-0.1, -0.05) is 19.1 Å². The molecule has 1 atom stereocenters. The predicted molar refractivity (Wildman–Crippen MR) is 127 cm³/mol. The molecule has 1 aliphatic rings. The van der Waals surface area contributed by atoms with E-state index in [0.717, 1.165) is 28.7 Å². The van der Waals surface area contributed by atoms with Crippen LogP contribution in [0, 0.1) is 0 Å². The molecule has 1 saturated heterocycles. The fourth-order valence-electron chi connectivity index (χ4n) is 4.09. The first kappa shape index (κ1) is 26.2. The Labute approximate surface area is 201 Å². The fraction of sp³-hybridized carbons (Fsp3) is 0.538. The van der Waals surface area contributed by atoms with Crippen LogP contribution in [0.15, 0.2) is 30.3 Å².